The molecule has 18 heavy (non-hydrogen) atoms. The minimum absolute atomic E-state index is 0.0754. The summed E-state index contributed by atoms with van der Waals surface area (Å²) in [4.78, 5) is 15.2. The Balaban J connectivity index is 2.22. The normalized spacial score (nSPS) is 10.9. The molecular weight excluding hydrogens is 236 g/mol. The second-order valence-corrected chi connectivity index (χ2v) is 3.80. The highest BCUT2D eigenvalue weighted by molar-refractivity contribution is 6.00. The first-order valence-electron chi connectivity index (χ1n) is 5.21. The molecule has 0 aliphatic carbocycles. The summed E-state index contributed by atoms with van der Waals surface area (Å²) < 4.78 is 10.4. The van der Waals surface area contributed by atoms with Crippen LogP contribution in [0.1, 0.15) is 16.1 Å². The predicted octanol–water partition coefficient (Wildman–Crippen LogP) is 2.49. The van der Waals surface area contributed by atoms with Crippen LogP contribution in [0.4, 0.5) is 0 Å². The maximum atomic E-state index is 11.0. The van der Waals surface area contributed by atoms with Crippen LogP contribution in [0.25, 0.3) is 22.7 Å². The number of nitrogens with zero attached hydrogens (tertiary/aromatic N) is 2. The SMILES string of the molecule is Cc1cc(-c2nc3cccc(C(=O)O)c3o2)no1. The van der Waals surface area contributed by atoms with Crippen LogP contribution in [-0.2, 0) is 0 Å². The number of aromatic nitrogens is 2. The third-order valence-electron chi connectivity index (χ3n) is 2.49. The van der Waals surface area contributed by atoms with E-state index in [1.807, 2.05) is 0 Å². The standard InChI is InChI=1S/C12H8N2O4/c1-6-5-9(14-18-6)11-13-8-4-2-3-7(12(15)16)10(8)17-11/h2-5H,1H3,(H,15,16). The molecule has 6 nitrogen and oxygen atoms in total. The minimum atomic E-state index is -1.06. The molecule has 0 bridgehead atoms. The number of carbonyl (C=O) groups is 1. The largest absolute Gasteiger partial charge is 0.478 e. The molecule has 0 saturated carbocycles. The first-order valence-corrected chi connectivity index (χ1v) is 5.21. The molecule has 0 atom stereocenters. The third kappa shape index (κ3) is 1.55. The molecule has 0 saturated heterocycles. The summed E-state index contributed by atoms with van der Waals surface area (Å²) in [6.45, 7) is 1.75. The van der Waals surface area contributed by atoms with Crippen LogP contribution >= 0.6 is 0 Å². The van der Waals surface area contributed by atoms with Crippen LogP contribution in [0.2, 0.25) is 0 Å². The third-order valence-corrected chi connectivity index (χ3v) is 2.49. The number of rotatable bonds is 2. The van der Waals surface area contributed by atoms with Gasteiger partial charge in [-0.2, -0.15) is 0 Å². The Morgan fingerprint density at radius 3 is 2.89 bits per heavy atom. The lowest BCUT2D eigenvalue weighted by molar-refractivity contribution is 0.0698. The molecular formula is C12H8N2O4. The zero-order valence-electron chi connectivity index (χ0n) is 9.38. The van der Waals surface area contributed by atoms with Crippen molar-refractivity contribution in [1.29, 1.82) is 0 Å². The van der Waals surface area contributed by atoms with E-state index in [2.05, 4.69) is 10.1 Å². The first-order chi connectivity index (χ1) is 8.65. The van der Waals surface area contributed by atoms with Gasteiger partial charge in [0.15, 0.2) is 11.3 Å². The van der Waals surface area contributed by atoms with E-state index in [1.54, 1.807) is 25.1 Å². The molecule has 0 unspecified atom stereocenters. The Hall–Kier alpha value is -2.63. The number of carboxylic acids is 1. The summed E-state index contributed by atoms with van der Waals surface area (Å²) in [6, 6.07) is 6.44. The fourth-order valence-corrected chi connectivity index (χ4v) is 1.69. The van der Waals surface area contributed by atoms with Crippen molar-refractivity contribution in [3.63, 3.8) is 0 Å². The van der Waals surface area contributed by atoms with E-state index in [0.29, 0.717) is 17.0 Å². The van der Waals surface area contributed by atoms with Crippen molar-refractivity contribution in [1.82, 2.24) is 10.1 Å². The summed E-state index contributed by atoms with van der Waals surface area (Å²) in [5.41, 5.74) is 1.23. The number of aromatic carboxylic acids is 1. The van der Waals surface area contributed by atoms with Gasteiger partial charge in [-0.05, 0) is 19.1 Å². The number of fused-ring (bicyclic) bond motifs is 1. The van der Waals surface area contributed by atoms with Gasteiger partial charge in [0, 0.05) is 6.07 Å². The van der Waals surface area contributed by atoms with Gasteiger partial charge >= 0.3 is 5.97 Å². The highest BCUT2D eigenvalue weighted by Gasteiger charge is 2.17. The smallest absolute Gasteiger partial charge is 0.339 e. The molecule has 90 valence electrons. The number of oxazole rings is 1. The van der Waals surface area contributed by atoms with Crippen molar-refractivity contribution >= 4 is 17.1 Å². The maximum absolute atomic E-state index is 11.0. The number of hydrogen-bond acceptors (Lipinski definition) is 5. The van der Waals surface area contributed by atoms with Gasteiger partial charge < -0.3 is 14.0 Å². The monoisotopic (exact) mass is 244 g/mol. The molecule has 0 fully saturated rings. The minimum Gasteiger partial charge on any atom is -0.478 e. The van der Waals surface area contributed by atoms with Crippen LogP contribution in [0, 0.1) is 6.92 Å². The molecule has 3 aromatic rings. The van der Waals surface area contributed by atoms with Gasteiger partial charge in [-0.25, -0.2) is 9.78 Å². The number of aryl methyl sites for hydroxylation is 1. The Morgan fingerprint density at radius 2 is 2.22 bits per heavy atom. The number of para-hydroxylation sites is 1. The Labute approximate surface area is 101 Å². The molecule has 3 rings (SSSR count). The van der Waals surface area contributed by atoms with Crippen molar-refractivity contribution in [3.05, 3.63) is 35.6 Å². The van der Waals surface area contributed by atoms with Gasteiger partial charge in [-0.15, -0.1) is 0 Å². The lowest BCUT2D eigenvalue weighted by Gasteiger charge is -1.92. The average Bonchev–Trinajstić information content (AvgIpc) is 2.93. The van der Waals surface area contributed by atoms with Crippen molar-refractivity contribution < 1.29 is 18.8 Å². The quantitative estimate of drug-likeness (QED) is 0.744. The van der Waals surface area contributed by atoms with Crippen LogP contribution < -0.4 is 0 Å². The lowest BCUT2D eigenvalue weighted by atomic mass is 10.2. The molecule has 1 N–H and O–H groups in total. The second-order valence-electron chi connectivity index (χ2n) is 3.80. The Morgan fingerprint density at radius 1 is 1.39 bits per heavy atom. The Kier molecular flexibility index (Phi) is 2.16. The Bertz CT molecular complexity index is 741. The van der Waals surface area contributed by atoms with Crippen LogP contribution in [0.5, 0.6) is 0 Å². The summed E-state index contributed by atoms with van der Waals surface area (Å²) in [5.74, 6) is -0.180. The van der Waals surface area contributed by atoms with Gasteiger partial charge in [0.1, 0.15) is 16.8 Å². The van der Waals surface area contributed by atoms with Gasteiger partial charge in [0.2, 0.25) is 5.89 Å². The van der Waals surface area contributed by atoms with E-state index in [1.165, 1.54) is 6.07 Å². The summed E-state index contributed by atoms with van der Waals surface area (Å²) in [5, 5.41) is 12.8. The average molecular weight is 244 g/mol. The van der Waals surface area contributed by atoms with Crippen molar-refractivity contribution in [2.45, 2.75) is 6.92 Å². The lowest BCUT2D eigenvalue weighted by Crippen LogP contribution is -1.95. The van der Waals surface area contributed by atoms with Crippen molar-refractivity contribution in [2.24, 2.45) is 0 Å². The van der Waals surface area contributed by atoms with E-state index in [0.717, 1.165) is 0 Å². The van der Waals surface area contributed by atoms with Crippen LogP contribution in [0.3, 0.4) is 0 Å². The van der Waals surface area contributed by atoms with Crippen molar-refractivity contribution in [2.75, 3.05) is 0 Å². The molecule has 2 aromatic heterocycles. The van der Waals surface area contributed by atoms with E-state index in [9.17, 15) is 4.79 Å². The van der Waals surface area contributed by atoms with E-state index >= 15 is 0 Å². The molecule has 0 aliphatic rings. The molecule has 0 aliphatic heterocycles. The molecule has 2 heterocycles. The number of carboxylic acid groups (broad SMARTS) is 1. The second kappa shape index (κ2) is 3.69. The van der Waals surface area contributed by atoms with E-state index < -0.39 is 5.97 Å². The molecule has 0 radical (unpaired) electrons. The predicted molar refractivity (Wildman–Crippen MR) is 61.2 cm³/mol. The first kappa shape index (κ1) is 10.5. The van der Waals surface area contributed by atoms with E-state index in [4.69, 9.17) is 14.0 Å². The van der Waals surface area contributed by atoms with Crippen molar-refractivity contribution in [3.8, 4) is 11.6 Å². The summed E-state index contributed by atoms with van der Waals surface area (Å²) in [7, 11) is 0. The van der Waals surface area contributed by atoms with Crippen LogP contribution in [-0.4, -0.2) is 21.2 Å². The zero-order valence-corrected chi connectivity index (χ0v) is 9.38. The molecule has 0 spiro atoms. The van der Waals surface area contributed by atoms with Gasteiger partial charge in [-0.3, -0.25) is 0 Å². The van der Waals surface area contributed by atoms with Crippen LogP contribution in [0.15, 0.2) is 33.2 Å². The highest BCUT2D eigenvalue weighted by Crippen LogP contribution is 2.26. The topological polar surface area (TPSA) is 89.4 Å². The summed E-state index contributed by atoms with van der Waals surface area (Å²) >= 11 is 0. The molecule has 1 aromatic carbocycles. The zero-order chi connectivity index (χ0) is 12.7. The van der Waals surface area contributed by atoms with Gasteiger partial charge in [-0.1, -0.05) is 11.2 Å². The van der Waals surface area contributed by atoms with Gasteiger partial charge in [0.05, 0.1) is 0 Å². The highest BCUT2D eigenvalue weighted by atomic mass is 16.5. The fourth-order valence-electron chi connectivity index (χ4n) is 1.69. The summed E-state index contributed by atoms with van der Waals surface area (Å²) in [6.07, 6.45) is 0. The number of benzene rings is 1. The molecule has 0 amide bonds. The van der Waals surface area contributed by atoms with E-state index in [-0.39, 0.29) is 17.0 Å². The fraction of sp³-hybridized carbons (Fsp3) is 0.0833. The van der Waals surface area contributed by atoms with Gasteiger partial charge in [0.25, 0.3) is 0 Å². The molecule has 6 heteroatoms. The maximum Gasteiger partial charge on any atom is 0.339 e. The number of hydrogen-bond donors (Lipinski definition) is 1.